The quantitative estimate of drug-likeness (QED) is 0.771. The molecule has 1 atom stereocenters. The summed E-state index contributed by atoms with van der Waals surface area (Å²) in [5.74, 6) is 0. The zero-order chi connectivity index (χ0) is 8.81. The summed E-state index contributed by atoms with van der Waals surface area (Å²) < 4.78 is 0. The van der Waals surface area contributed by atoms with Crippen molar-refractivity contribution in [1.82, 2.24) is 0 Å². The average molecular weight is 201 g/mol. The Morgan fingerprint density at radius 1 is 1.15 bits per heavy atom. The molecule has 0 aliphatic rings. The fourth-order valence-electron chi connectivity index (χ4n) is 1.23. The Bertz CT molecular complexity index is 213. The lowest BCUT2D eigenvalue weighted by Crippen LogP contribution is -2.25. The van der Waals surface area contributed by atoms with Crippen LogP contribution >= 0.6 is 12.4 Å². The van der Waals surface area contributed by atoms with Crippen LogP contribution < -0.4 is 11.5 Å². The molecule has 0 bridgehead atoms. The van der Waals surface area contributed by atoms with E-state index in [0.29, 0.717) is 6.54 Å². The lowest BCUT2D eigenvalue weighted by atomic mass is 10.0. The molecule has 1 aromatic rings. The fourth-order valence-corrected chi connectivity index (χ4v) is 1.23. The number of halogens is 1. The summed E-state index contributed by atoms with van der Waals surface area (Å²) in [6, 6.07) is 10.5. The van der Waals surface area contributed by atoms with Gasteiger partial charge in [-0.25, -0.2) is 0 Å². The van der Waals surface area contributed by atoms with Crippen molar-refractivity contribution in [2.45, 2.75) is 18.9 Å². The molecule has 2 nitrogen and oxygen atoms in total. The summed E-state index contributed by atoms with van der Waals surface area (Å²) in [4.78, 5) is 0. The van der Waals surface area contributed by atoms with E-state index in [9.17, 15) is 0 Å². The number of hydrogen-bond donors (Lipinski definition) is 2. The van der Waals surface area contributed by atoms with Gasteiger partial charge in [0.1, 0.15) is 0 Å². The Balaban J connectivity index is 0.00000144. The van der Waals surface area contributed by atoms with Crippen LogP contribution in [0, 0.1) is 0 Å². The van der Waals surface area contributed by atoms with E-state index in [1.807, 2.05) is 18.2 Å². The van der Waals surface area contributed by atoms with E-state index in [1.54, 1.807) is 0 Å². The first-order chi connectivity index (χ1) is 5.83. The molecule has 0 aliphatic heterocycles. The Morgan fingerprint density at radius 3 is 2.31 bits per heavy atom. The van der Waals surface area contributed by atoms with Crippen LogP contribution in [0.2, 0.25) is 0 Å². The lowest BCUT2D eigenvalue weighted by molar-refractivity contribution is 0.619. The minimum Gasteiger partial charge on any atom is -0.330 e. The van der Waals surface area contributed by atoms with Crippen LogP contribution in [0.4, 0.5) is 0 Å². The highest BCUT2D eigenvalue weighted by atomic mass is 35.5. The van der Waals surface area contributed by atoms with Crippen molar-refractivity contribution in [2.75, 3.05) is 6.54 Å². The van der Waals surface area contributed by atoms with E-state index in [2.05, 4.69) is 12.1 Å². The van der Waals surface area contributed by atoms with Crippen molar-refractivity contribution in [1.29, 1.82) is 0 Å². The zero-order valence-electron chi connectivity index (χ0n) is 7.65. The van der Waals surface area contributed by atoms with E-state index >= 15 is 0 Å². The van der Waals surface area contributed by atoms with Gasteiger partial charge in [0.25, 0.3) is 0 Å². The summed E-state index contributed by atoms with van der Waals surface area (Å²) in [5, 5.41) is 0. The van der Waals surface area contributed by atoms with E-state index in [0.717, 1.165) is 12.8 Å². The topological polar surface area (TPSA) is 52.0 Å². The van der Waals surface area contributed by atoms with Gasteiger partial charge in [-0.3, -0.25) is 0 Å². The second kappa shape index (κ2) is 6.89. The van der Waals surface area contributed by atoms with Gasteiger partial charge >= 0.3 is 0 Å². The van der Waals surface area contributed by atoms with Gasteiger partial charge in [-0.1, -0.05) is 30.3 Å². The van der Waals surface area contributed by atoms with Crippen molar-refractivity contribution in [3.63, 3.8) is 0 Å². The Kier molecular flexibility index (Phi) is 6.59. The Morgan fingerprint density at radius 2 is 1.77 bits per heavy atom. The molecular formula is C10H17ClN2. The van der Waals surface area contributed by atoms with Gasteiger partial charge in [0.05, 0.1) is 0 Å². The lowest BCUT2D eigenvalue weighted by Gasteiger charge is -2.09. The molecule has 0 spiro atoms. The van der Waals surface area contributed by atoms with Crippen molar-refractivity contribution in [3.8, 4) is 0 Å². The second-order valence-corrected chi connectivity index (χ2v) is 3.03. The molecule has 13 heavy (non-hydrogen) atoms. The largest absolute Gasteiger partial charge is 0.330 e. The Hall–Kier alpha value is -0.570. The third-order valence-electron chi connectivity index (χ3n) is 1.88. The maximum absolute atomic E-state index is 5.84. The van der Waals surface area contributed by atoms with E-state index in [1.165, 1.54) is 5.56 Å². The minimum atomic E-state index is 0. The maximum Gasteiger partial charge on any atom is 0.00913 e. The van der Waals surface area contributed by atoms with E-state index in [4.69, 9.17) is 11.5 Å². The van der Waals surface area contributed by atoms with Crippen LogP contribution in [0.3, 0.4) is 0 Å². The van der Waals surface area contributed by atoms with Crippen molar-refractivity contribution < 1.29 is 0 Å². The predicted octanol–water partition coefficient (Wildman–Crippen LogP) is 1.33. The van der Waals surface area contributed by atoms with Gasteiger partial charge in [-0.15, -0.1) is 12.4 Å². The van der Waals surface area contributed by atoms with Crippen LogP contribution in [0.25, 0.3) is 0 Å². The molecule has 0 aromatic heterocycles. The molecule has 1 rings (SSSR count). The molecule has 74 valence electrons. The molecule has 0 fully saturated rings. The van der Waals surface area contributed by atoms with Crippen LogP contribution in [-0.2, 0) is 6.42 Å². The molecule has 0 aliphatic carbocycles. The molecule has 3 heteroatoms. The predicted molar refractivity (Wildman–Crippen MR) is 59.0 cm³/mol. The van der Waals surface area contributed by atoms with E-state index in [-0.39, 0.29) is 18.4 Å². The maximum atomic E-state index is 5.84. The van der Waals surface area contributed by atoms with Gasteiger partial charge in [0.2, 0.25) is 0 Å². The fraction of sp³-hybridized carbons (Fsp3) is 0.400. The van der Waals surface area contributed by atoms with Crippen LogP contribution in [0.1, 0.15) is 12.0 Å². The smallest absolute Gasteiger partial charge is 0.00913 e. The summed E-state index contributed by atoms with van der Waals surface area (Å²) in [7, 11) is 0. The SMILES string of the molecule is Cl.NCCC(N)Cc1ccccc1. The summed E-state index contributed by atoms with van der Waals surface area (Å²) in [6.07, 6.45) is 1.83. The monoisotopic (exact) mass is 200 g/mol. The molecule has 0 radical (unpaired) electrons. The number of hydrogen-bond acceptors (Lipinski definition) is 2. The highest BCUT2D eigenvalue weighted by Gasteiger charge is 2.01. The third-order valence-corrected chi connectivity index (χ3v) is 1.88. The van der Waals surface area contributed by atoms with Gasteiger partial charge < -0.3 is 11.5 Å². The molecule has 4 N–H and O–H groups in total. The molecule has 1 unspecified atom stereocenters. The van der Waals surface area contributed by atoms with Gasteiger partial charge in [-0.2, -0.15) is 0 Å². The molecule has 1 aromatic carbocycles. The zero-order valence-corrected chi connectivity index (χ0v) is 8.46. The average Bonchev–Trinajstić information content (AvgIpc) is 2.06. The molecule has 0 heterocycles. The van der Waals surface area contributed by atoms with Crippen molar-refractivity contribution in [3.05, 3.63) is 35.9 Å². The standard InChI is InChI=1S/C10H16N2.ClH/c11-7-6-10(12)8-9-4-2-1-3-5-9;/h1-5,10H,6-8,11-12H2;1H. The molecule has 0 amide bonds. The van der Waals surface area contributed by atoms with E-state index < -0.39 is 0 Å². The normalized spacial score (nSPS) is 11.8. The Labute approximate surface area is 85.7 Å². The van der Waals surface area contributed by atoms with Crippen LogP contribution in [-0.4, -0.2) is 12.6 Å². The molecule has 0 saturated carbocycles. The molecular weight excluding hydrogens is 184 g/mol. The highest BCUT2D eigenvalue weighted by molar-refractivity contribution is 5.85. The summed E-state index contributed by atoms with van der Waals surface area (Å²) in [5.41, 5.74) is 12.5. The van der Waals surface area contributed by atoms with Crippen molar-refractivity contribution in [2.24, 2.45) is 11.5 Å². The van der Waals surface area contributed by atoms with Gasteiger partial charge in [0, 0.05) is 6.04 Å². The number of nitrogens with two attached hydrogens (primary N) is 2. The first-order valence-corrected chi connectivity index (χ1v) is 4.32. The number of rotatable bonds is 4. The second-order valence-electron chi connectivity index (χ2n) is 3.03. The summed E-state index contributed by atoms with van der Waals surface area (Å²) >= 11 is 0. The molecule has 0 saturated heterocycles. The number of benzene rings is 1. The van der Waals surface area contributed by atoms with Crippen molar-refractivity contribution >= 4 is 12.4 Å². The first-order valence-electron chi connectivity index (χ1n) is 4.32. The van der Waals surface area contributed by atoms with Crippen LogP contribution in [0.5, 0.6) is 0 Å². The van der Waals surface area contributed by atoms with Gasteiger partial charge in [0.15, 0.2) is 0 Å². The summed E-state index contributed by atoms with van der Waals surface area (Å²) in [6.45, 7) is 0.675. The van der Waals surface area contributed by atoms with Crippen LogP contribution in [0.15, 0.2) is 30.3 Å². The minimum absolute atomic E-state index is 0. The highest BCUT2D eigenvalue weighted by Crippen LogP contribution is 2.02. The van der Waals surface area contributed by atoms with Gasteiger partial charge in [-0.05, 0) is 24.9 Å². The third kappa shape index (κ3) is 4.88. The first kappa shape index (κ1) is 12.4.